The van der Waals surface area contributed by atoms with E-state index in [-0.39, 0.29) is 12.5 Å². The standard InChI is InChI=1S/C20H25NO2/c1-13(2)17-10-6-9-15(4)20(17)21-19(22)12-23-18-11-7-8-14(3)16(18)5/h6-11,13H,12H2,1-5H3,(H,21,22). The second-order valence-electron chi connectivity index (χ2n) is 6.23. The minimum absolute atomic E-state index is 0.0101. The molecule has 0 aliphatic carbocycles. The molecule has 3 nitrogen and oxygen atoms in total. The third kappa shape index (κ3) is 4.13. The fourth-order valence-corrected chi connectivity index (χ4v) is 2.54. The van der Waals surface area contributed by atoms with Crippen molar-refractivity contribution < 1.29 is 9.53 Å². The van der Waals surface area contributed by atoms with Crippen molar-refractivity contribution in [2.24, 2.45) is 0 Å². The molecule has 122 valence electrons. The molecular weight excluding hydrogens is 286 g/mol. The molecule has 0 fully saturated rings. The van der Waals surface area contributed by atoms with Crippen LogP contribution >= 0.6 is 0 Å². The van der Waals surface area contributed by atoms with Crippen molar-refractivity contribution in [2.45, 2.75) is 40.5 Å². The SMILES string of the molecule is Cc1cccc(OCC(=O)Nc2c(C)cccc2C(C)C)c1C. The van der Waals surface area contributed by atoms with Gasteiger partial charge in [0.2, 0.25) is 0 Å². The molecule has 1 N–H and O–H groups in total. The molecule has 3 heteroatoms. The number of hydrogen-bond acceptors (Lipinski definition) is 2. The van der Waals surface area contributed by atoms with E-state index in [0.29, 0.717) is 5.92 Å². The van der Waals surface area contributed by atoms with Crippen LogP contribution in [0.2, 0.25) is 0 Å². The van der Waals surface area contributed by atoms with Gasteiger partial charge in [0.05, 0.1) is 0 Å². The lowest BCUT2D eigenvalue weighted by Crippen LogP contribution is -2.22. The van der Waals surface area contributed by atoms with Gasteiger partial charge in [0.15, 0.2) is 6.61 Å². The Hall–Kier alpha value is -2.29. The molecule has 0 bridgehead atoms. The molecule has 0 aromatic heterocycles. The molecule has 0 aliphatic heterocycles. The summed E-state index contributed by atoms with van der Waals surface area (Å²) >= 11 is 0. The zero-order chi connectivity index (χ0) is 17.0. The zero-order valence-corrected chi connectivity index (χ0v) is 14.6. The highest BCUT2D eigenvalue weighted by molar-refractivity contribution is 5.93. The first kappa shape index (κ1) is 17.1. The lowest BCUT2D eigenvalue weighted by molar-refractivity contribution is -0.118. The zero-order valence-electron chi connectivity index (χ0n) is 14.6. The molecule has 2 rings (SSSR count). The maximum absolute atomic E-state index is 12.3. The molecule has 0 radical (unpaired) electrons. The molecule has 0 saturated heterocycles. The highest BCUT2D eigenvalue weighted by Gasteiger charge is 2.13. The van der Waals surface area contributed by atoms with Gasteiger partial charge >= 0.3 is 0 Å². The van der Waals surface area contributed by atoms with Gasteiger partial charge in [0, 0.05) is 5.69 Å². The quantitative estimate of drug-likeness (QED) is 0.865. The Morgan fingerprint density at radius 3 is 2.39 bits per heavy atom. The van der Waals surface area contributed by atoms with Gasteiger partial charge in [-0.05, 0) is 55.0 Å². The number of hydrogen-bond donors (Lipinski definition) is 1. The number of anilines is 1. The van der Waals surface area contributed by atoms with E-state index in [0.717, 1.165) is 33.7 Å². The first-order chi connectivity index (χ1) is 10.9. The number of carbonyl (C=O) groups is 1. The van der Waals surface area contributed by atoms with Gasteiger partial charge in [-0.15, -0.1) is 0 Å². The Morgan fingerprint density at radius 1 is 1.04 bits per heavy atom. The maximum Gasteiger partial charge on any atom is 0.262 e. The van der Waals surface area contributed by atoms with Crippen LogP contribution in [0.4, 0.5) is 5.69 Å². The Labute approximate surface area is 138 Å². The van der Waals surface area contributed by atoms with Gasteiger partial charge < -0.3 is 10.1 Å². The number of ether oxygens (including phenoxy) is 1. The number of amides is 1. The summed E-state index contributed by atoms with van der Waals surface area (Å²) in [5.41, 5.74) is 5.33. The van der Waals surface area contributed by atoms with E-state index in [2.05, 4.69) is 25.2 Å². The van der Waals surface area contributed by atoms with Crippen molar-refractivity contribution in [3.05, 3.63) is 58.7 Å². The summed E-state index contributed by atoms with van der Waals surface area (Å²) in [4.78, 5) is 12.3. The molecule has 0 atom stereocenters. The molecule has 2 aromatic carbocycles. The van der Waals surface area contributed by atoms with E-state index in [4.69, 9.17) is 4.74 Å². The van der Waals surface area contributed by atoms with Crippen LogP contribution in [0.15, 0.2) is 36.4 Å². The van der Waals surface area contributed by atoms with E-state index in [9.17, 15) is 4.79 Å². The lowest BCUT2D eigenvalue weighted by Gasteiger charge is -2.17. The number of nitrogens with one attached hydrogen (secondary N) is 1. The molecule has 0 heterocycles. The van der Waals surface area contributed by atoms with Crippen LogP contribution in [-0.4, -0.2) is 12.5 Å². The monoisotopic (exact) mass is 311 g/mol. The summed E-state index contributed by atoms with van der Waals surface area (Å²) in [6, 6.07) is 11.9. The normalized spacial score (nSPS) is 10.7. The summed E-state index contributed by atoms with van der Waals surface area (Å²) in [6.07, 6.45) is 0. The van der Waals surface area contributed by atoms with E-state index >= 15 is 0 Å². The van der Waals surface area contributed by atoms with Gasteiger partial charge in [0.25, 0.3) is 5.91 Å². The van der Waals surface area contributed by atoms with Crippen LogP contribution in [0.25, 0.3) is 0 Å². The highest BCUT2D eigenvalue weighted by atomic mass is 16.5. The first-order valence-corrected chi connectivity index (χ1v) is 7.98. The highest BCUT2D eigenvalue weighted by Crippen LogP contribution is 2.27. The fourth-order valence-electron chi connectivity index (χ4n) is 2.54. The fraction of sp³-hybridized carbons (Fsp3) is 0.350. The molecule has 0 aliphatic rings. The predicted molar refractivity (Wildman–Crippen MR) is 95.3 cm³/mol. The molecular formula is C20H25NO2. The van der Waals surface area contributed by atoms with Crippen LogP contribution in [0, 0.1) is 20.8 Å². The van der Waals surface area contributed by atoms with Crippen molar-refractivity contribution in [1.82, 2.24) is 0 Å². The molecule has 23 heavy (non-hydrogen) atoms. The minimum atomic E-state index is -0.137. The number of rotatable bonds is 5. The largest absolute Gasteiger partial charge is 0.483 e. The van der Waals surface area contributed by atoms with Crippen molar-refractivity contribution in [3.8, 4) is 5.75 Å². The van der Waals surface area contributed by atoms with Crippen molar-refractivity contribution >= 4 is 11.6 Å². The van der Waals surface area contributed by atoms with Crippen LogP contribution in [0.3, 0.4) is 0 Å². The van der Waals surface area contributed by atoms with Gasteiger partial charge in [-0.2, -0.15) is 0 Å². The smallest absolute Gasteiger partial charge is 0.262 e. The van der Waals surface area contributed by atoms with E-state index in [1.165, 1.54) is 0 Å². The van der Waals surface area contributed by atoms with Crippen LogP contribution in [0.5, 0.6) is 5.75 Å². The Balaban J connectivity index is 2.07. The number of benzene rings is 2. The summed E-state index contributed by atoms with van der Waals surface area (Å²) in [7, 11) is 0. The third-order valence-corrected chi connectivity index (χ3v) is 4.11. The molecule has 0 saturated carbocycles. The van der Waals surface area contributed by atoms with Crippen LogP contribution in [0.1, 0.15) is 42.0 Å². The lowest BCUT2D eigenvalue weighted by atomic mass is 9.98. The van der Waals surface area contributed by atoms with Crippen molar-refractivity contribution in [2.75, 3.05) is 11.9 Å². The predicted octanol–water partition coefficient (Wildman–Crippen LogP) is 4.75. The van der Waals surface area contributed by atoms with Crippen LogP contribution in [-0.2, 0) is 4.79 Å². The average Bonchev–Trinajstić information content (AvgIpc) is 2.50. The summed E-state index contributed by atoms with van der Waals surface area (Å²) in [6.45, 7) is 10.3. The van der Waals surface area contributed by atoms with E-state index in [1.807, 2.05) is 51.1 Å². The van der Waals surface area contributed by atoms with E-state index < -0.39 is 0 Å². The Kier molecular flexibility index (Phi) is 5.43. The number of para-hydroxylation sites is 1. The van der Waals surface area contributed by atoms with Gasteiger partial charge in [-0.3, -0.25) is 4.79 Å². The molecule has 1 amide bonds. The maximum atomic E-state index is 12.3. The topological polar surface area (TPSA) is 38.3 Å². The van der Waals surface area contributed by atoms with Gasteiger partial charge in [-0.25, -0.2) is 0 Å². The number of carbonyl (C=O) groups excluding carboxylic acids is 1. The first-order valence-electron chi connectivity index (χ1n) is 7.98. The van der Waals surface area contributed by atoms with Crippen molar-refractivity contribution in [3.63, 3.8) is 0 Å². The van der Waals surface area contributed by atoms with Crippen molar-refractivity contribution in [1.29, 1.82) is 0 Å². The minimum Gasteiger partial charge on any atom is -0.483 e. The molecule has 2 aromatic rings. The second kappa shape index (κ2) is 7.32. The summed E-state index contributed by atoms with van der Waals surface area (Å²) < 4.78 is 5.68. The summed E-state index contributed by atoms with van der Waals surface area (Å²) in [5, 5.41) is 3.00. The van der Waals surface area contributed by atoms with Crippen LogP contribution < -0.4 is 10.1 Å². The Morgan fingerprint density at radius 2 is 1.70 bits per heavy atom. The third-order valence-electron chi connectivity index (χ3n) is 4.11. The van der Waals surface area contributed by atoms with Gasteiger partial charge in [-0.1, -0.05) is 44.2 Å². The second-order valence-corrected chi connectivity index (χ2v) is 6.23. The molecule has 0 spiro atoms. The summed E-state index contributed by atoms with van der Waals surface area (Å²) in [5.74, 6) is 0.973. The molecule has 0 unspecified atom stereocenters. The Bertz CT molecular complexity index is 705. The van der Waals surface area contributed by atoms with E-state index in [1.54, 1.807) is 0 Å². The number of aryl methyl sites for hydroxylation is 2. The average molecular weight is 311 g/mol. The van der Waals surface area contributed by atoms with Gasteiger partial charge in [0.1, 0.15) is 5.75 Å².